The number of anilines is 1. The second-order valence-electron chi connectivity index (χ2n) is 9.02. The molecule has 1 N–H and O–H groups in total. The molecule has 4 heteroatoms. The molecule has 1 aromatic carbocycles. The largest absolute Gasteiger partial charge is 0.469 e. The second-order valence-corrected chi connectivity index (χ2v) is 9.02. The molecule has 2 spiro atoms. The molecule has 136 valence electrons. The Morgan fingerprint density at radius 1 is 1.35 bits per heavy atom. The summed E-state index contributed by atoms with van der Waals surface area (Å²) < 4.78 is 5.31. The van der Waals surface area contributed by atoms with Crippen LogP contribution in [0.2, 0.25) is 0 Å². The molecule has 0 radical (unpaired) electrons. The number of piperidine rings is 1. The van der Waals surface area contributed by atoms with Gasteiger partial charge >= 0.3 is 5.97 Å². The van der Waals surface area contributed by atoms with E-state index in [2.05, 4.69) is 53.6 Å². The summed E-state index contributed by atoms with van der Waals surface area (Å²) in [6.07, 6.45) is 6.92. The fourth-order valence-electron chi connectivity index (χ4n) is 7.82. The third kappa shape index (κ3) is 1.44. The third-order valence-corrected chi connectivity index (χ3v) is 8.62. The monoisotopic (exact) mass is 350 g/mol. The highest BCUT2D eigenvalue weighted by molar-refractivity contribution is 5.79. The maximum atomic E-state index is 12.9. The van der Waals surface area contributed by atoms with Gasteiger partial charge < -0.3 is 10.1 Å². The van der Waals surface area contributed by atoms with Crippen LogP contribution < -0.4 is 5.32 Å². The van der Waals surface area contributed by atoms with Gasteiger partial charge in [-0.2, -0.15) is 0 Å². The minimum atomic E-state index is -0.190. The fourth-order valence-corrected chi connectivity index (χ4v) is 7.82. The SMILES string of the molecule is COC(=O)C1CC23C=CCN4CCC5c6ccccc6NC1(C5C42)C3C. The van der Waals surface area contributed by atoms with E-state index in [1.807, 2.05) is 0 Å². The molecule has 2 bridgehead atoms. The molecule has 2 saturated carbocycles. The van der Waals surface area contributed by atoms with Gasteiger partial charge in [0.05, 0.1) is 18.6 Å². The van der Waals surface area contributed by atoms with Gasteiger partial charge in [0.15, 0.2) is 0 Å². The Labute approximate surface area is 154 Å². The number of carbonyl (C=O) groups excluding carboxylic acids is 1. The number of para-hydroxylation sites is 1. The lowest BCUT2D eigenvalue weighted by molar-refractivity contribution is -0.150. The minimum Gasteiger partial charge on any atom is -0.469 e. The van der Waals surface area contributed by atoms with Crippen molar-refractivity contribution in [2.24, 2.45) is 23.2 Å². The Hall–Kier alpha value is -1.81. The number of esters is 1. The molecular weight excluding hydrogens is 324 g/mol. The Balaban J connectivity index is 1.63. The van der Waals surface area contributed by atoms with Crippen molar-refractivity contribution < 1.29 is 9.53 Å². The van der Waals surface area contributed by atoms with Crippen molar-refractivity contribution in [1.82, 2.24) is 4.90 Å². The van der Waals surface area contributed by atoms with Gasteiger partial charge in [0.1, 0.15) is 0 Å². The van der Waals surface area contributed by atoms with Gasteiger partial charge in [-0.05, 0) is 42.9 Å². The van der Waals surface area contributed by atoms with Crippen LogP contribution >= 0.6 is 0 Å². The lowest BCUT2D eigenvalue weighted by Gasteiger charge is -2.58. The predicted octanol–water partition coefficient (Wildman–Crippen LogP) is 3.02. The molecule has 5 aliphatic rings. The summed E-state index contributed by atoms with van der Waals surface area (Å²) in [5.41, 5.74) is 2.60. The number of nitrogens with zero attached hydrogens (tertiary/aromatic N) is 1. The molecule has 6 rings (SSSR count). The first-order valence-corrected chi connectivity index (χ1v) is 10.00. The number of methoxy groups -OCH3 is 1. The average molecular weight is 350 g/mol. The van der Waals surface area contributed by atoms with Gasteiger partial charge in [-0.15, -0.1) is 0 Å². The molecule has 1 saturated heterocycles. The molecule has 0 amide bonds. The van der Waals surface area contributed by atoms with Crippen molar-refractivity contribution in [2.45, 2.75) is 37.3 Å². The molecule has 2 aliphatic carbocycles. The highest BCUT2D eigenvalue weighted by atomic mass is 16.5. The smallest absolute Gasteiger partial charge is 0.311 e. The van der Waals surface area contributed by atoms with Crippen molar-refractivity contribution in [3.63, 3.8) is 0 Å². The van der Waals surface area contributed by atoms with Gasteiger partial charge in [-0.25, -0.2) is 0 Å². The standard InChI is InChI=1S/C22H26N2O2/c1-13-21-9-5-10-24-11-8-15-14-6-3-4-7-17(14)23-22(13,18(15)19(21)24)16(12-21)20(25)26-2/h3-7,9,13,15-16,18-19,23H,8,10-12H2,1-2H3. The Kier molecular flexibility index (Phi) is 2.77. The van der Waals surface area contributed by atoms with E-state index >= 15 is 0 Å². The predicted molar refractivity (Wildman–Crippen MR) is 99.9 cm³/mol. The van der Waals surface area contributed by atoms with E-state index in [9.17, 15) is 4.79 Å². The molecule has 26 heavy (non-hydrogen) atoms. The van der Waals surface area contributed by atoms with Gasteiger partial charge in [0.25, 0.3) is 0 Å². The first-order chi connectivity index (χ1) is 12.6. The maximum absolute atomic E-state index is 12.9. The maximum Gasteiger partial charge on any atom is 0.311 e. The van der Waals surface area contributed by atoms with Gasteiger partial charge in [0.2, 0.25) is 0 Å². The zero-order valence-corrected chi connectivity index (χ0v) is 15.4. The van der Waals surface area contributed by atoms with Crippen LogP contribution in [0.3, 0.4) is 0 Å². The summed E-state index contributed by atoms with van der Waals surface area (Å²) in [6.45, 7) is 4.61. The van der Waals surface area contributed by atoms with Crippen molar-refractivity contribution in [1.29, 1.82) is 0 Å². The highest BCUT2D eigenvalue weighted by Crippen LogP contribution is 2.74. The van der Waals surface area contributed by atoms with Crippen LogP contribution in [0.5, 0.6) is 0 Å². The number of hydrogen-bond acceptors (Lipinski definition) is 4. The summed E-state index contributed by atoms with van der Waals surface area (Å²) in [6, 6.07) is 9.32. The van der Waals surface area contributed by atoms with E-state index in [4.69, 9.17) is 4.74 Å². The summed E-state index contributed by atoms with van der Waals surface area (Å²) in [4.78, 5) is 15.6. The number of benzene rings is 1. The number of ether oxygens (including phenoxy) is 1. The Morgan fingerprint density at radius 3 is 3.04 bits per heavy atom. The third-order valence-electron chi connectivity index (χ3n) is 8.62. The molecule has 7 atom stereocenters. The zero-order valence-electron chi connectivity index (χ0n) is 15.4. The van der Waals surface area contributed by atoms with Crippen LogP contribution in [0.1, 0.15) is 31.2 Å². The first kappa shape index (κ1) is 15.3. The average Bonchev–Trinajstić information content (AvgIpc) is 3.04. The van der Waals surface area contributed by atoms with E-state index in [0.717, 1.165) is 19.5 Å². The number of carbonyl (C=O) groups is 1. The summed E-state index contributed by atoms with van der Waals surface area (Å²) >= 11 is 0. The van der Waals surface area contributed by atoms with Crippen LogP contribution in [0, 0.1) is 23.2 Å². The van der Waals surface area contributed by atoms with Crippen LogP contribution in [0.4, 0.5) is 5.69 Å². The highest BCUT2D eigenvalue weighted by Gasteiger charge is 2.79. The minimum absolute atomic E-state index is 0.0334. The van der Waals surface area contributed by atoms with E-state index in [0.29, 0.717) is 23.8 Å². The summed E-state index contributed by atoms with van der Waals surface area (Å²) in [7, 11) is 1.54. The molecule has 3 heterocycles. The Bertz CT molecular complexity index is 835. The number of rotatable bonds is 1. The molecular formula is C22H26N2O2. The van der Waals surface area contributed by atoms with Crippen LogP contribution in [0.15, 0.2) is 36.4 Å². The molecule has 4 nitrogen and oxygen atoms in total. The molecule has 3 fully saturated rings. The quantitative estimate of drug-likeness (QED) is 0.624. The second kappa shape index (κ2) is 4.72. The van der Waals surface area contributed by atoms with Crippen molar-refractivity contribution >= 4 is 11.7 Å². The molecule has 0 aromatic heterocycles. The molecule has 3 aliphatic heterocycles. The van der Waals surface area contributed by atoms with Gasteiger partial charge in [0, 0.05) is 29.6 Å². The normalized spacial score (nSPS) is 47.1. The van der Waals surface area contributed by atoms with Crippen molar-refractivity contribution in [2.75, 3.05) is 25.5 Å². The molecule has 1 aromatic rings. The molecule has 7 unspecified atom stereocenters. The first-order valence-electron chi connectivity index (χ1n) is 10.00. The number of nitrogens with one attached hydrogen (secondary N) is 1. The lowest BCUT2D eigenvalue weighted by atomic mass is 9.57. The van der Waals surface area contributed by atoms with Crippen LogP contribution in [-0.4, -0.2) is 42.6 Å². The van der Waals surface area contributed by atoms with Crippen molar-refractivity contribution in [3.8, 4) is 0 Å². The summed E-state index contributed by atoms with van der Waals surface area (Å²) in [5.74, 6) is 1.33. The van der Waals surface area contributed by atoms with Crippen LogP contribution in [0.25, 0.3) is 0 Å². The van der Waals surface area contributed by atoms with Gasteiger partial charge in [-0.3, -0.25) is 9.69 Å². The van der Waals surface area contributed by atoms with Gasteiger partial charge in [-0.1, -0.05) is 37.3 Å². The van der Waals surface area contributed by atoms with E-state index in [1.165, 1.54) is 17.7 Å². The van der Waals surface area contributed by atoms with E-state index < -0.39 is 0 Å². The van der Waals surface area contributed by atoms with E-state index in [-0.39, 0.29) is 22.8 Å². The van der Waals surface area contributed by atoms with Crippen LogP contribution in [-0.2, 0) is 9.53 Å². The Morgan fingerprint density at radius 2 is 2.19 bits per heavy atom. The topological polar surface area (TPSA) is 41.6 Å². The summed E-state index contributed by atoms with van der Waals surface area (Å²) in [5, 5.41) is 3.95. The number of fused-ring (bicyclic) bond motifs is 2. The van der Waals surface area contributed by atoms with E-state index in [1.54, 1.807) is 7.11 Å². The fraction of sp³-hybridized carbons (Fsp3) is 0.591. The number of hydrogen-bond donors (Lipinski definition) is 1. The van der Waals surface area contributed by atoms with Crippen molar-refractivity contribution in [3.05, 3.63) is 42.0 Å². The zero-order chi connectivity index (χ0) is 17.7. The lowest BCUT2D eigenvalue weighted by Crippen LogP contribution is -2.65.